The molecular weight excluding hydrogens is 240 g/mol. The summed E-state index contributed by atoms with van der Waals surface area (Å²) in [4.78, 5) is 0. The summed E-state index contributed by atoms with van der Waals surface area (Å²) in [5.74, 6) is 0.808. The lowest BCUT2D eigenvalue weighted by atomic mass is 10.2. The fourth-order valence-electron chi connectivity index (χ4n) is 1.35. The Morgan fingerprint density at radius 1 is 1.00 bits per heavy atom. The normalized spacial score (nSPS) is 15.8. The van der Waals surface area contributed by atoms with E-state index in [0.29, 0.717) is 10.5 Å². The molecule has 2 atom stereocenters. The summed E-state index contributed by atoms with van der Waals surface area (Å²) in [6.07, 6.45) is 1.47. The van der Waals surface area contributed by atoms with Gasteiger partial charge in [0.05, 0.1) is 12.7 Å². The first-order chi connectivity index (χ1) is 7.45. The largest absolute Gasteiger partial charge is 0.395 e. The van der Waals surface area contributed by atoms with Gasteiger partial charge in [0.15, 0.2) is 0 Å². The topological polar surface area (TPSA) is 40.5 Å². The first kappa shape index (κ1) is 16.6. The van der Waals surface area contributed by atoms with E-state index >= 15 is 0 Å². The van der Waals surface area contributed by atoms with Crippen molar-refractivity contribution in [3.05, 3.63) is 0 Å². The van der Waals surface area contributed by atoms with E-state index in [0.717, 1.165) is 18.6 Å². The van der Waals surface area contributed by atoms with Gasteiger partial charge in [-0.25, -0.2) is 0 Å². The molecule has 2 N–H and O–H groups in total. The highest BCUT2D eigenvalue weighted by Gasteiger charge is 2.13. The van der Waals surface area contributed by atoms with Crippen LogP contribution in [0.25, 0.3) is 0 Å². The first-order valence-corrected chi connectivity index (χ1v) is 8.00. The van der Waals surface area contributed by atoms with Crippen molar-refractivity contribution in [1.29, 1.82) is 0 Å². The van der Waals surface area contributed by atoms with Crippen LogP contribution in [0, 0.1) is 0 Å². The van der Waals surface area contributed by atoms with Crippen LogP contribution in [0.1, 0.15) is 40.5 Å². The molecule has 0 aromatic heterocycles. The second-order valence-corrected chi connectivity index (χ2v) is 8.09. The van der Waals surface area contributed by atoms with E-state index in [1.165, 1.54) is 0 Å². The van der Waals surface area contributed by atoms with Gasteiger partial charge in [0, 0.05) is 11.0 Å². The predicted molar refractivity (Wildman–Crippen MR) is 76.4 cm³/mol. The lowest BCUT2D eigenvalue weighted by Gasteiger charge is -2.18. The van der Waals surface area contributed by atoms with Crippen LogP contribution in [-0.4, -0.2) is 44.4 Å². The highest BCUT2D eigenvalue weighted by atomic mass is 32.2. The van der Waals surface area contributed by atoms with Crippen LogP contribution in [0.5, 0.6) is 0 Å². The van der Waals surface area contributed by atoms with Crippen molar-refractivity contribution in [3.8, 4) is 0 Å². The van der Waals surface area contributed by atoms with Gasteiger partial charge < -0.3 is 10.2 Å². The van der Waals surface area contributed by atoms with Gasteiger partial charge in [-0.05, 0) is 23.3 Å². The number of hydrogen-bond donors (Lipinski definition) is 2. The molecule has 0 amide bonds. The Labute approximate surface area is 109 Å². The number of aliphatic hydroxyl groups excluding tert-OH is 2. The molecule has 0 radical (unpaired) electrons. The third-order valence-electron chi connectivity index (χ3n) is 2.11. The number of aliphatic hydroxyl groups is 2. The lowest BCUT2D eigenvalue weighted by Crippen LogP contribution is -2.18. The molecule has 0 aromatic carbocycles. The summed E-state index contributed by atoms with van der Waals surface area (Å²) < 4.78 is 0. The molecule has 4 heteroatoms. The van der Waals surface area contributed by atoms with Crippen molar-refractivity contribution >= 4 is 23.5 Å². The van der Waals surface area contributed by atoms with Crippen LogP contribution in [0.2, 0.25) is 0 Å². The minimum atomic E-state index is -0.228. The quantitative estimate of drug-likeness (QED) is 0.673. The number of hydrogen-bond acceptors (Lipinski definition) is 4. The average molecular weight is 266 g/mol. The molecule has 98 valence electrons. The van der Waals surface area contributed by atoms with Gasteiger partial charge in [-0.3, -0.25) is 0 Å². The summed E-state index contributed by atoms with van der Waals surface area (Å²) in [7, 11) is 0. The highest BCUT2D eigenvalue weighted by Crippen LogP contribution is 2.22. The minimum absolute atomic E-state index is 0.215. The van der Waals surface area contributed by atoms with E-state index in [1.54, 1.807) is 23.5 Å². The molecule has 0 heterocycles. The van der Waals surface area contributed by atoms with Gasteiger partial charge >= 0.3 is 0 Å². The Morgan fingerprint density at radius 3 is 2.06 bits per heavy atom. The molecule has 0 rings (SSSR count). The Morgan fingerprint density at radius 2 is 1.62 bits per heavy atom. The van der Waals surface area contributed by atoms with E-state index in [4.69, 9.17) is 0 Å². The van der Waals surface area contributed by atoms with Gasteiger partial charge in [0.2, 0.25) is 0 Å². The van der Waals surface area contributed by atoms with Gasteiger partial charge in [-0.15, -0.1) is 0 Å². The van der Waals surface area contributed by atoms with Gasteiger partial charge in [0.1, 0.15) is 0 Å². The van der Waals surface area contributed by atoms with E-state index in [2.05, 4.69) is 27.7 Å². The standard InChI is InChI=1S/C12H26O2S2/c1-9(2)15-8-11(14)5-6-12(7-13)16-10(3)4/h9-14H,5-8H2,1-4H3. The van der Waals surface area contributed by atoms with E-state index in [-0.39, 0.29) is 18.0 Å². The van der Waals surface area contributed by atoms with E-state index < -0.39 is 0 Å². The molecule has 0 aliphatic carbocycles. The van der Waals surface area contributed by atoms with Crippen LogP contribution in [0.3, 0.4) is 0 Å². The molecule has 0 spiro atoms. The summed E-state index contributed by atoms with van der Waals surface area (Å²) in [6, 6.07) is 0. The first-order valence-electron chi connectivity index (χ1n) is 6.01. The maximum absolute atomic E-state index is 9.76. The Bertz CT molecular complexity index is 163. The highest BCUT2D eigenvalue weighted by molar-refractivity contribution is 8.00. The summed E-state index contributed by atoms with van der Waals surface area (Å²) in [5, 5.41) is 20.4. The van der Waals surface area contributed by atoms with E-state index in [1.807, 2.05) is 0 Å². The Hall–Kier alpha value is 0.620. The molecule has 0 fully saturated rings. The summed E-state index contributed by atoms with van der Waals surface area (Å²) in [5.41, 5.74) is 0. The molecule has 16 heavy (non-hydrogen) atoms. The predicted octanol–water partition coefficient (Wildman–Crippen LogP) is 2.77. The molecule has 0 aromatic rings. The van der Waals surface area contributed by atoms with Crippen LogP contribution >= 0.6 is 23.5 Å². The molecule has 0 aliphatic rings. The lowest BCUT2D eigenvalue weighted by molar-refractivity contribution is 0.181. The van der Waals surface area contributed by atoms with Crippen molar-refractivity contribution in [2.75, 3.05) is 12.4 Å². The second-order valence-electron chi connectivity index (χ2n) is 4.60. The molecule has 2 unspecified atom stereocenters. The maximum Gasteiger partial charge on any atom is 0.0631 e. The third kappa shape index (κ3) is 9.82. The fraction of sp³-hybridized carbons (Fsp3) is 1.00. The zero-order valence-corrected chi connectivity index (χ0v) is 12.5. The van der Waals surface area contributed by atoms with Crippen molar-refractivity contribution in [1.82, 2.24) is 0 Å². The van der Waals surface area contributed by atoms with Gasteiger partial charge in [-0.1, -0.05) is 27.7 Å². The SMILES string of the molecule is CC(C)SCC(O)CCC(CO)SC(C)C. The van der Waals surface area contributed by atoms with Crippen LogP contribution in [-0.2, 0) is 0 Å². The Kier molecular flexibility index (Phi) is 10.0. The minimum Gasteiger partial charge on any atom is -0.395 e. The van der Waals surface area contributed by atoms with E-state index in [9.17, 15) is 10.2 Å². The average Bonchev–Trinajstić information content (AvgIpc) is 2.20. The smallest absolute Gasteiger partial charge is 0.0631 e. The number of thioether (sulfide) groups is 2. The zero-order valence-electron chi connectivity index (χ0n) is 10.8. The number of rotatable bonds is 9. The van der Waals surface area contributed by atoms with Gasteiger partial charge in [0.25, 0.3) is 0 Å². The second kappa shape index (κ2) is 9.63. The molecule has 0 saturated heterocycles. The molecule has 0 saturated carbocycles. The molecular formula is C12H26O2S2. The van der Waals surface area contributed by atoms with Gasteiger partial charge in [-0.2, -0.15) is 23.5 Å². The maximum atomic E-state index is 9.76. The monoisotopic (exact) mass is 266 g/mol. The van der Waals surface area contributed by atoms with Crippen molar-refractivity contribution in [2.24, 2.45) is 0 Å². The zero-order chi connectivity index (χ0) is 12.6. The Balaban J connectivity index is 3.66. The molecule has 2 nitrogen and oxygen atoms in total. The summed E-state index contributed by atoms with van der Waals surface area (Å²) >= 11 is 3.59. The van der Waals surface area contributed by atoms with Crippen molar-refractivity contribution < 1.29 is 10.2 Å². The fourth-order valence-corrected chi connectivity index (χ4v) is 3.25. The third-order valence-corrected chi connectivity index (χ3v) is 4.67. The molecule has 0 bridgehead atoms. The van der Waals surface area contributed by atoms with Crippen LogP contribution in [0.4, 0.5) is 0 Å². The summed E-state index contributed by atoms with van der Waals surface area (Å²) in [6.45, 7) is 8.77. The molecule has 0 aliphatic heterocycles. The van der Waals surface area contributed by atoms with Crippen molar-refractivity contribution in [2.45, 2.75) is 62.4 Å². The van der Waals surface area contributed by atoms with Crippen LogP contribution < -0.4 is 0 Å². The van der Waals surface area contributed by atoms with Crippen molar-refractivity contribution in [3.63, 3.8) is 0 Å². The van der Waals surface area contributed by atoms with Crippen LogP contribution in [0.15, 0.2) is 0 Å².